The highest BCUT2D eigenvalue weighted by Crippen LogP contribution is 2.18. The second-order valence-corrected chi connectivity index (χ2v) is 7.39. The molecule has 1 aliphatic heterocycles. The molecule has 1 heterocycles. The summed E-state index contributed by atoms with van der Waals surface area (Å²) >= 11 is 0. The molecule has 1 fully saturated rings. The maximum atomic E-state index is 13.3. The summed E-state index contributed by atoms with van der Waals surface area (Å²) in [5, 5.41) is 1.88. The van der Waals surface area contributed by atoms with E-state index in [4.69, 9.17) is 9.47 Å². The lowest BCUT2D eigenvalue weighted by molar-refractivity contribution is -0.199. The van der Waals surface area contributed by atoms with Crippen LogP contribution in [-0.4, -0.2) is 19.5 Å². The molecule has 3 aromatic carbocycles. The molecule has 28 heavy (non-hydrogen) atoms. The van der Waals surface area contributed by atoms with E-state index in [1.807, 2.05) is 30.3 Å². The summed E-state index contributed by atoms with van der Waals surface area (Å²) in [7, 11) is 0. The second kappa shape index (κ2) is 8.56. The van der Waals surface area contributed by atoms with Gasteiger partial charge < -0.3 is 9.47 Å². The topological polar surface area (TPSA) is 18.5 Å². The summed E-state index contributed by atoms with van der Waals surface area (Å²) in [6.45, 7) is 3.69. The summed E-state index contributed by atoms with van der Waals surface area (Å²) in [6.07, 6.45) is 1.71. The Balaban J connectivity index is 1.37. The van der Waals surface area contributed by atoms with Gasteiger partial charge in [0.05, 0.1) is 13.2 Å². The van der Waals surface area contributed by atoms with Gasteiger partial charge in [-0.2, -0.15) is 0 Å². The molecular weight excluding hydrogens is 351 g/mol. The Labute approximate surface area is 165 Å². The van der Waals surface area contributed by atoms with Crippen molar-refractivity contribution in [3.8, 4) is 11.8 Å². The van der Waals surface area contributed by atoms with Crippen LogP contribution in [0.15, 0.2) is 60.7 Å². The van der Waals surface area contributed by atoms with Gasteiger partial charge >= 0.3 is 0 Å². The zero-order chi connectivity index (χ0) is 19.3. The predicted octanol–water partition coefficient (Wildman–Crippen LogP) is 5.32. The minimum Gasteiger partial charge on any atom is -0.352 e. The van der Waals surface area contributed by atoms with Crippen LogP contribution in [0.5, 0.6) is 0 Å². The molecule has 0 atom stereocenters. The van der Waals surface area contributed by atoms with E-state index in [9.17, 15) is 4.39 Å². The SMILES string of the molecule is CC1COC(CCc2ccc(C#Cc3ccc4cc(F)ccc4c3)cc2)OC1. The Morgan fingerprint density at radius 2 is 1.50 bits per heavy atom. The molecule has 0 aliphatic carbocycles. The molecule has 0 radical (unpaired) electrons. The Morgan fingerprint density at radius 1 is 0.857 bits per heavy atom. The molecule has 0 unspecified atom stereocenters. The van der Waals surface area contributed by atoms with Crippen molar-refractivity contribution in [2.45, 2.75) is 26.1 Å². The van der Waals surface area contributed by atoms with Gasteiger partial charge in [-0.3, -0.25) is 0 Å². The van der Waals surface area contributed by atoms with Crippen LogP contribution in [0.2, 0.25) is 0 Å². The van der Waals surface area contributed by atoms with E-state index >= 15 is 0 Å². The van der Waals surface area contributed by atoms with Gasteiger partial charge in [-0.25, -0.2) is 4.39 Å². The fourth-order valence-electron chi connectivity index (χ4n) is 3.28. The van der Waals surface area contributed by atoms with Crippen LogP contribution in [0, 0.1) is 23.6 Å². The van der Waals surface area contributed by atoms with E-state index < -0.39 is 0 Å². The van der Waals surface area contributed by atoms with E-state index in [1.54, 1.807) is 6.07 Å². The zero-order valence-electron chi connectivity index (χ0n) is 16.0. The third-order valence-corrected chi connectivity index (χ3v) is 4.91. The molecule has 3 heteroatoms. The van der Waals surface area contributed by atoms with Gasteiger partial charge in [0.15, 0.2) is 6.29 Å². The lowest BCUT2D eigenvalue weighted by Gasteiger charge is -2.27. The molecule has 1 aliphatic rings. The number of hydrogen-bond donors (Lipinski definition) is 0. The van der Waals surface area contributed by atoms with Crippen molar-refractivity contribution in [1.29, 1.82) is 0 Å². The highest BCUT2D eigenvalue weighted by Gasteiger charge is 2.18. The van der Waals surface area contributed by atoms with Crippen molar-refractivity contribution in [2.75, 3.05) is 13.2 Å². The first-order valence-electron chi connectivity index (χ1n) is 9.69. The number of benzene rings is 3. The maximum absolute atomic E-state index is 13.3. The van der Waals surface area contributed by atoms with Crippen molar-refractivity contribution in [3.05, 3.63) is 83.2 Å². The first kappa shape index (κ1) is 18.7. The number of aryl methyl sites for hydroxylation is 1. The lowest BCUT2D eigenvalue weighted by Crippen LogP contribution is -2.30. The molecule has 4 rings (SSSR count). The van der Waals surface area contributed by atoms with Crippen LogP contribution in [0.4, 0.5) is 4.39 Å². The number of ether oxygens (including phenoxy) is 2. The molecule has 0 amide bonds. The van der Waals surface area contributed by atoms with Gasteiger partial charge in [0.25, 0.3) is 0 Å². The summed E-state index contributed by atoms with van der Waals surface area (Å²) in [5.74, 6) is 6.66. The Kier molecular flexibility index (Phi) is 5.71. The van der Waals surface area contributed by atoms with E-state index in [1.165, 1.54) is 17.7 Å². The fourth-order valence-corrected chi connectivity index (χ4v) is 3.28. The normalized spacial score (nSPS) is 19.2. The number of rotatable bonds is 3. The van der Waals surface area contributed by atoms with E-state index in [0.717, 1.165) is 48.0 Å². The summed E-state index contributed by atoms with van der Waals surface area (Å²) < 4.78 is 24.7. The Bertz CT molecular complexity index is 1010. The van der Waals surface area contributed by atoms with Crippen molar-refractivity contribution >= 4 is 10.8 Å². The first-order chi connectivity index (χ1) is 13.7. The highest BCUT2D eigenvalue weighted by molar-refractivity contribution is 5.83. The van der Waals surface area contributed by atoms with Crippen molar-refractivity contribution in [1.82, 2.24) is 0 Å². The molecule has 2 nitrogen and oxygen atoms in total. The van der Waals surface area contributed by atoms with Crippen LogP contribution in [0.3, 0.4) is 0 Å². The largest absolute Gasteiger partial charge is 0.352 e. The molecule has 0 N–H and O–H groups in total. The quantitative estimate of drug-likeness (QED) is 0.578. The van der Waals surface area contributed by atoms with Crippen molar-refractivity contribution < 1.29 is 13.9 Å². The molecule has 1 saturated heterocycles. The van der Waals surface area contributed by atoms with Crippen LogP contribution in [0.1, 0.15) is 30.0 Å². The summed E-state index contributed by atoms with van der Waals surface area (Å²) in [5.41, 5.74) is 3.15. The van der Waals surface area contributed by atoms with Crippen LogP contribution in [0.25, 0.3) is 10.8 Å². The fraction of sp³-hybridized carbons (Fsp3) is 0.280. The van der Waals surface area contributed by atoms with Gasteiger partial charge in [-0.1, -0.05) is 43.0 Å². The monoisotopic (exact) mass is 374 g/mol. The van der Waals surface area contributed by atoms with Crippen LogP contribution >= 0.6 is 0 Å². The third-order valence-electron chi connectivity index (χ3n) is 4.91. The molecule has 0 spiro atoms. The molecule has 0 aromatic heterocycles. The maximum Gasteiger partial charge on any atom is 0.157 e. The lowest BCUT2D eigenvalue weighted by atomic mass is 10.1. The molecule has 0 saturated carbocycles. The van der Waals surface area contributed by atoms with Crippen LogP contribution < -0.4 is 0 Å². The second-order valence-electron chi connectivity index (χ2n) is 7.39. The highest BCUT2D eigenvalue weighted by atomic mass is 19.1. The number of hydrogen-bond acceptors (Lipinski definition) is 2. The van der Waals surface area contributed by atoms with E-state index in [2.05, 4.69) is 30.9 Å². The van der Waals surface area contributed by atoms with Gasteiger partial charge in [0.2, 0.25) is 0 Å². The third kappa shape index (κ3) is 4.78. The standard InChI is InChI=1S/C25H23FO2/c1-18-16-27-25(28-17-18)13-9-20-4-2-19(3-5-20)6-7-21-8-10-23-15-24(26)12-11-22(23)14-21/h2-5,8,10-12,14-15,18,25H,9,13,16-17H2,1H3. The average molecular weight is 374 g/mol. The number of fused-ring (bicyclic) bond motifs is 1. The predicted molar refractivity (Wildman–Crippen MR) is 110 cm³/mol. The molecule has 0 bridgehead atoms. The minimum absolute atomic E-state index is 0.0861. The average Bonchev–Trinajstić information content (AvgIpc) is 2.72. The van der Waals surface area contributed by atoms with Crippen molar-refractivity contribution in [3.63, 3.8) is 0 Å². The van der Waals surface area contributed by atoms with E-state index in [-0.39, 0.29) is 12.1 Å². The minimum atomic E-state index is -0.220. The Hall–Kier alpha value is -2.67. The number of halogens is 1. The van der Waals surface area contributed by atoms with Gasteiger partial charge in [-0.15, -0.1) is 0 Å². The zero-order valence-corrected chi connectivity index (χ0v) is 16.0. The molecule has 142 valence electrons. The summed E-state index contributed by atoms with van der Waals surface area (Å²) in [4.78, 5) is 0. The van der Waals surface area contributed by atoms with Gasteiger partial charge in [0.1, 0.15) is 5.82 Å². The Morgan fingerprint density at radius 3 is 2.29 bits per heavy atom. The van der Waals surface area contributed by atoms with E-state index in [0.29, 0.717) is 5.92 Å². The first-order valence-corrected chi connectivity index (χ1v) is 9.69. The molecule has 3 aromatic rings. The molecular formula is C25H23FO2. The smallest absolute Gasteiger partial charge is 0.157 e. The van der Waals surface area contributed by atoms with Gasteiger partial charge in [-0.05, 0) is 59.2 Å². The van der Waals surface area contributed by atoms with Crippen LogP contribution in [-0.2, 0) is 15.9 Å². The van der Waals surface area contributed by atoms with Crippen molar-refractivity contribution in [2.24, 2.45) is 5.92 Å². The summed E-state index contributed by atoms with van der Waals surface area (Å²) in [6, 6.07) is 18.9. The van der Waals surface area contributed by atoms with Gasteiger partial charge in [0, 0.05) is 23.5 Å².